The van der Waals surface area contributed by atoms with Crippen molar-refractivity contribution in [3.05, 3.63) is 71.3 Å². The molecule has 2 saturated heterocycles. The van der Waals surface area contributed by atoms with Gasteiger partial charge >= 0.3 is 0 Å². The number of nitrogens with one attached hydrogen (secondary N) is 4. The highest BCUT2D eigenvalue weighted by Gasteiger charge is 2.41. The lowest BCUT2D eigenvalue weighted by Gasteiger charge is -2.36. The van der Waals surface area contributed by atoms with Crippen molar-refractivity contribution >= 4 is 22.1 Å². The molecule has 43 heavy (non-hydrogen) atoms. The maximum Gasteiger partial charge on any atom is 0.124 e. The van der Waals surface area contributed by atoms with Gasteiger partial charge in [-0.25, -0.2) is 9.97 Å². The molecule has 9 rings (SSSR count). The number of hydrogen-bond acceptors (Lipinski definition) is 4. The Kier molecular flexibility index (Phi) is 6.06. The van der Waals surface area contributed by atoms with Gasteiger partial charge < -0.3 is 20.6 Å². The van der Waals surface area contributed by atoms with Crippen molar-refractivity contribution in [2.75, 3.05) is 13.1 Å². The highest BCUT2D eigenvalue weighted by molar-refractivity contribution is 5.87. The summed E-state index contributed by atoms with van der Waals surface area (Å²) < 4.78 is 0. The van der Waals surface area contributed by atoms with Crippen LogP contribution in [0.1, 0.15) is 93.1 Å². The molecule has 2 aliphatic carbocycles. The molecule has 1 saturated carbocycles. The van der Waals surface area contributed by atoms with E-state index in [1.807, 2.05) is 0 Å². The first-order valence-corrected chi connectivity index (χ1v) is 16.7. The van der Waals surface area contributed by atoms with E-state index in [9.17, 15) is 0 Å². The molecular weight excluding hydrogens is 528 g/mol. The minimum atomic E-state index is 0.352. The molecule has 0 amide bonds. The molecule has 0 radical (unpaired) electrons. The van der Waals surface area contributed by atoms with Gasteiger partial charge in [-0.3, -0.25) is 0 Å². The van der Waals surface area contributed by atoms with Crippen molar-refractivity contribution in [3.8, 4) is 22.3 Å². The largest absolute Gasteiger partial charge is 0.341 e. The predicted molar refractivity (Wildman–Crippen MR) is 174 cm³/mol. The summed E-state index contributed by atoms with van der Waals surface area (Å²) in [6, 6.07) is 19.2. The monoisotopic (exact) mass is 570 g/mol. The van der Waals surface area contributed by atoms with Gasteiger partial charge in [0.05, 0.1) is 34.2 Å². The van der Waals surface area contributed by atoms with E-state index in [0.29, 0.717) is 17.5 Å². The van der Waals surface area contributed by atoms with E-state index in [0.717, 1.165) is 65.6 Å². The third-order valence-electron chi connectivity index (χ3n) is 11.3. The normalized spacial score (nSPS) is 23.7. The topological polar surface area (TPSA) is 81.4 Å². The van der Waals surface area contributed by atoms with Crippen LogP contribution in [0.25, 0.3) is 44.3 Å². The fourth-order valence-corrected chi connectivity index (χ4v) is 8.74. The van der Waals surface area contributed by atoms with Crippen LogP contribution in [-0.4, -0.2) is 33.0 Å². The minimum absolute atomic E-state index is 0.352. The Balaban J connectivity index is 1.13. The molecule has 5 aromatic rings. The summed E-state index contributed by atoms with van der Waals surface area (Å²) in [6.45, 7) is 4.60. The Labute approximate surface area is 253 Å². The van der Waals surface area contributed by atoms with E-state index in [4.69, 9.17) is 9.97 Å². The molecule has 0 bridgehead atoms. The van der Waals surface area contributed by atoms with Crippen LogP contribution in [0.3, 0.4) is 0 Å². The van der Waals surface area contributed by atoms with Crippen LogP contribution in [0.5, 0.6) is 0 Å². The zero-order valence-electron chi connectivity index (χ0n) is 25.2. The molecule has 2 aromatic heterocycles. The van der Waals surface area contributed by atoms with Gasteiger partial charge in [0, 0.05) is 0 Å². The van der Waals surface area contributed by atoms with Crippen molar-refractivity contribution in [2.45, 2.75) is 83.2 Å². The molecule has 4 aliphatic rings. The highest BCUT2D eigenvalue weighted by Crippen LogP contribution is 2.53. The summed E-state index contributed by atoms with van der Waals surface area (Å²) >= 11 is 0. The Morgan fingerprint density at radius 2 is 1.16 bits per heavy atom. The summed E-state index contributed by atoms with van der Waals surface area (Å²) in [5.41, 5.74) is 13.4. The van der Waals surface area contributed by atoms with Gasteiger partial charge in [-0.2, -0.15) is 0 Å². The van der Waals surface area contributed by atoms with Crippen LogP contribution in [0, 0.1) is 11.3 Å². The molecule has 2 aliphatic heterocycles. The Morgan fingerprint density at radius 1 is 0.651 bits per heavy atom. The van der Waals surface area contributed by atoms with Gasteiger partial charge in [-0.15, -0.1) is 0 Å². The molecule has 0 unspecified atom stereocenters. The summed E-state index contributed by atoms with van der Waals surface area (Å²) in [5, 5.41) is 7.19. The standard InChI is InChI=1S/C37H42N6/c1-22-12-14-37(15-13-22)20-27-25(23-6-10-29-33(18-23)42-35(40-29)31-4-2-16-38-31)8-9-26(28(27)21-37)24-7-11-30-34(19-24)43-36(41-30)32-5-3-17-39-32/h6-11,18-19,22,31-32,38-39H,2-5,12-17,20-21H2,1H3,(H,40,42)(H,41,43)/t31-,32-/m0/s1. The number of nitrogens with zero attached hydrogens (tertiary/aromatic N) is 2. The van der Waals surface area contributed by atoms with E-state index in [-0.39, 0.29) is 0 Å². The van der Waals surface area contributed by atoms with Crippen LogP contribution in [0.2, 0.25) is 0 Å². The average Bonchev–Trinajstić information content (AvgIpc) is 3.86. The number of hydrogen-bond donors (Lipinski definition) is 4. The van der Waals surface area contributed by atoms with Crippen LogP contribution >= 0.6 is 0 Å². The lowest BCUT2D eigenvalue weighted by Crippen LogP contribution is -2.27. The van der Waals surface area contributed by atoms with Gasteiger partial charge in [0.2, 0.25) is 0 Å². The second-order valence-electron chi connectivity index (χ2n) is 14.2. The Hall–Kier alpha value is -3.48. The van der Waals surface area contributed by atoms with Crippen LogP contribution in [-0.2, 0) is 12.8 Å². The second-order valence-corrected chi connectivity index (χ2v) is 14.2. The number of H-pyrrole nitrogens is 2. The molecule has 3 fully saturated rings. The second kappa shape index (κ2) is 10.0. The SMILES string of the molecule is CC1CCC2(CC1)Cc1c(-c3ccc4nc([C@@H]5CCCN5)[nH]c4c3)ccc(-c3ccc4nc([C@@H]5CCCN5)[nH]c4c3)c1C2. The Bertz CT molecular complexity index is 1700. The van der Waals surface area contributed by atoms with Crippen molar-refractivity contribution in [1.82, 2.24) is 30.6 Å². The molecule has 3 aromatic carbocycles. The first-order valence-electron chi connectivity index (χ1n) is 16.7. The highest BCUT2D eigenvalue weighted by atomic mass is 15.0. The number of aromatic amines is 2. The molecule has 6 nitrogen and oxygen atoms in total. The number of imidazole rings is 2. The minimum Gasteiger partial charge on any atom is -0.341 e. The predicted octanol–water partition coefficient (Wildman–Crippen LogP) is 7.92. The third kappa shape index (κ3) is 4.44. The Morgan fingerprint density at radius 3 is 1.63 bits per heavy atom. The van der Waals surface area contributed by atoms with Gasteiger partial charge in [-0.1, -0.05) is 44.0 Å². The zero-order valence-corrected chi connectivity index (χ0v) is 25.2. The lowest BCUT2D eigenvalue weighted by atomic mass is 9.69. The summed E-state index contributed by atoms with van der Waals surface area (Å²) in [6.07, 6.45) is 12.5. The van der Waals surface area contributed by atoms with E-state index in [1.165, 1.54) is 73.6 Å². The fourth-order valence-electron chi connectivity index (χ4n) is 8.74. The number of benzene rings is 3. The molecule has 2 atom stereocenters. The lowest BCUT2D eigenvalue weighted by molar-refractivity contribution is 0.167. The molecular formula is C37H42N6. The van der Waals surface area contributed by atoms with Crippen molar-refractivity contribution in [2.24, 2.45) is 11.3 Å². The van der Waals surface area contributed by atoms with Gasteiger partial charge in [0.15, 0.2) is 0 Å². The van der Waals surface area contributed by atoms with E-state index in [2.05, 4.69) is 76.1 Å². The zero-order chi connectivity index (χ0) is 28.5. The van der Waals surface area contributed by atoms with Gasteiger partial charge in [0.25, 0.3) is 0 Å². The maximum absolute atomic E-state index is 4.95. The van der Waals surface area contributed by atoms with Gasteiger partial charge in [-0.05, 0) is 133 Å². The van der Waals surface area contributed by atoms with Crippen LogP contribution < -0.4 is 10.6 Å². The maximum atomic E-state index is 4.95. The molecule has 6 heteroatoms. The first kappa shape index (κ1) is 26.0. The molecule has 4 N–H and O–H groups in total. The van der Waals surface area contributed by atoms with E-state index >= 15 is 0 Å². The molecule has 4 heterocycles. The van der Waals surface area contributed by atoms with Crippen LogP contribution in [0.15, 0.2) is 48.5 Å². The summed E-state index contributed by atoms with van der Waals surface area (Å²) in [7, 11) is 0. The molecule has 220 valence electrons. The fraction of sp³-hybridized carbons (Fsp3) is 0.459. The smallest absolute Gasteiger partial charge is 0.124 e. The first-order chi connectivity index (χ1) is 21.1. The van der Waals surface area contributed by atoms with E-state index in [1.54, 1.807) is 11.1 Å². The van der Waals surface area contributed by atoms with Crippen molar-refractivity contribution < 1.29 is 0 Å². The van der Waals surface area contributed by atoms with Gasteiger partial charge in [0.1, 0.15) is 11.6 Å². The van der Waals surface area contributed by atoms with Crippen molar-refractivity contribution in [1.29, 1.82) is 0 Å². The third-order valence-corrected chi connectivity index (χ3v) is 11.3. The summed E-state index contributed by atoms with van der Waals surface area (Å²) in [4.78, 5) is 17.2. The van der Waals surface area contributed by atoms with Crippen LogP contribution in [0.4, 0.5) is 0 Å². The quantitative estimate of drug-likeness (QED) is 0.177. The molecule has 1 spiro atoms. The average molecular weight is 571 g/mol. The number of aromatic nitrogens is 4. The number of rotatable bonds is 4. The number of fused-ring (bicyclic) bond motifs is 3. The summed E-state index contributed by atoms with van der Waals surface area (Å²) in [5.74, 6) is 3.02. The van der Waals surface area contributed by atoms with Crippen molar-refractivity contribution in [3.63, 3.8) is 0 Å². The van der Waals surface area contributed by atoms with E-state index < -0.39 is 0 Å².